The lowest BCUT2D eigenvalue weighted by Gasteiger charge is -2.07. The van der Waals surface area contributed by atoms with Gasteiger partial charge in [-0.15, -0.1) is 0 Å². The minimum atomic E-state index is -0.383. The number of amides is 1. The number of halogens is 1. The van der Waals surface area contributed by atoms with E-state index in [2.05, 4.69) is 10.4 Å². The van der Waals surface area contributed by atoms with Crippen molar-refractivity contribution >= 4 is 11.6 Å². The molecule has 0 bridgehead atoms. The second-order valence-electron chi connectivity index (χ2n) is 6.40. The molecule has 1 amide bonds. The lowest BCUT2D eigenvalue weighted by molar-refractivity contribution is -0.116. The first-order valence-electron chi connectivity index (χ1n) is 8.51. The van der Waals surface area contributed by atoms with Crippen LogP contribution in [-0.2, 0) is 11.2 Å². The molecule has 0 aliphatic carbocycles. The molecule has 0 unspecified atom stereocenters. The van der Waals surface area contributed by atoms with Crippen molar-refractivity contribution in [1.82, 2.24) is 9.78 Å². The van der Waals surface area contributed by atoms with Crippen LogP contribution >= 0.6 is 0 Å². The highest BCUT2D eigenvalue weighted by atomic mass is 19.1. The van der Waals surface area contributed by atoms with Crippen LogP contribution in [-0.4, -0.2) is 20.8 Å². The Kier molecular flexibility index (Phi) is 5.12. The van der Waals surface area contributed by atoms with E-state index in [0.717, 1.165) is 5.56 Å². The first kappa shape index (κ1) is 18.4. The zero-order valence-corrected chi connectivity index (χ0v) is 15.0. The number of nitrogens with one attached hydrogen (secondary N) is 2. The largest absolute Gasteiger partial charge is 0.506 e. The number of benzene rings is 2. The number of rotatable bonds is 5. The summed E-state index contributed by atoms with van der Waals surface area (Å²) in [7, 11) is 0. The summed E-state index contributed by atoms with van der Waals surface area (Å²) in [5, 5.41) is 15.5. The Morgan fingerprint density at radius 2 is 1.89 bits per heavy atom. The minimum absolute atomic E-state index is 0.000148. The highest BCUT2D eigenvalue weighted by Gasteiger charge is 2.15. The number of aryl methyl sites for hydroxylation is 2. The molecule has 0 aliphatic rings. The van der Waals surface area contributed by atoms with Gasteiger partial charge in [0.15, 0.2) is 0 Å². The van der Waals surface area contributed by atoms with Gasteiger partial charge in [-0.2, -0.15) is 0 Å². The average molecular weight is 369 g/mol. The Morgan fingerprint density at radius 3 is 2.56 bits per heavy atom. The molecule has 2 aromatic carbocycles. The van der Waals surface area contributed by atoms with Gasteiger partial charge in [0.1, 0.15) is 11.6 Å². The number of phenolic OH excluding ortho intramolecular Hbond substituents is 1. The Bertz CT molecular complexity index is 1040. The predicted molar refractivity (Wildman–Crippen MR) is 101 cm³/mol. The molecule has 0 aliphatic heterocycles. The fourth-order valence-electron chi connectivity index (χ4n) is 2.85. The predicted octanol–water partition coefficient (Wildman–Crippen LogP) is 3.20. The number of carbonyl (C=O) groups is 1. The summed E-state index contributed by atoms with van der Waals surface area (Å²) in [6.45, 7) is 3.59. The molecule has 0 saturated heterocycles. The van der Waals surface area contributed by atoms with E-state index in [-0.39, 0.29) is 35.9 Å². The standard InChI is InChI=1S/C20H20FN3O3/c1-12-3-9-17(18(25)11-12)22-19(26)10-8-16-13(2)23-24(20(16)27)15-6-4-14(21)5-7-15/h3-7,9,11,23,25H,8,10H2,1-2H3,(H,22,26). The van der Waals surface area contributed by atoms with Crippen LogP contribution in [0.15, 0.2) is 47.3 Å². The number of hydrogen-bond donors (Lipinski definition) is 3. The quantitative estimate of drug-likeness (QED) is 0.604. The summed E-state index contributed by atoms with van der Waals surface area (Å²) in [5.74, 6) is -0.686. The fraction of sp³-hybridized carbons (Fsp3) is 0.200. The fourth-order valence-corrected chi connectivity index (χ4v) is 2.85. The van der Waals surface area contributed by atoms with Crippen molar-refractivity contribution in [3.63, 3.8) is 0 Å². The van der Waals surface area contributed by atoms with Crippen LogP contribution in [0.2, 0.25) is 0 Å². The second kappa shape index (κ2) is 7.49. The van der Waals surface area contributed by atoms with Crippen molar-refractivity contribution in [2.24, 2.45) is 0 Å². The number of anilines is 1. The molecule has 0 radical (unpaired) electrons. The van der Waals surface area contributed by atoms with Gasteiger partial charge in [0.25, 0.3) is 5.56 Å². The maximum atomic E-state index is 13.1. The SMILES string of the molecule is Cc1ccc(NC(=O)CCc2c(C)[nH]n(-c3ccc(F)cc3)c2=O)c(O)c1. The second-order valence-corrected chi connectivity index (χ2v) is 6.40. The molecule has 27 heavy (non-hydrogen) atoms. The molecule has 140 valence electrons. The average Bonchev–Trinajstić information content (AvgIpc) is 2.90. The molecule has 0 fully saturated rings. The summed E-state index contributed by atoms with van der Waals surface area (Å²) in [6, 6.07) is 10.5. The number of carbonyl (C=O) groups excluding carboxylic acids is 1. The number of nitrogens with zero attached hydrogens (tertiary/aromatic N) is 1. The molecular formula is C20H20FN3O3. The Morgan fingerprint density at radius 1 is 1.19 bits per heavy atom. The molecule has 3 rings (SSSR count). The highest BCUT2D eigenvalue weighted by molar-refractivity contribution is 5.92. The highest BCUT2D eigenvalue weighted by Crippen LogP contribution is 2.24. The number of phenols is 1. The van der Waals surface area contributed by atoms with Gasteiger partial charge in [0.05, 0.1) is 11.4 Å². The first-order chi connectivity index (χ1) is 12.8. The van der Waals surface area contributed by atoms with E-state index in [1.165, 1.54) is 28.9 Å². The molecule has 3 N–H and O–H groups in total. The number of hydrogen-bond acceptors (Lipinski definition) is 3. The molecule has 1 aromatic heterocycles. The molecular weight excluding hydrogens is 349 g/mol. The number of aromatic amines is 1. The van der Waals surface area contributed by atoms with Gasteiger partial charge in [0.2, 0.25) is 5.91 Å². The minimum Gasteiger partial charge on any atom is -0.506 e. The van der Waals surface area contributed by atoms with Crippen LogP contribution in [0.25, 0.3) is 5.69 Å². The maximum absolute atomic E-state index is 13.1. The summed E-state index contributed by atoms with van der Waals surface area (Å²) in [5.41, 5.74) is 2.60. The van der Waals surface area contributed by atoms with Crippen molar-refractivity contribution < 1.29 is 14.3 Å². The van der Waals surface area contributed by atoms with E-state index < -0.39 is 0 Å². The number of H-pyrrole nitrogens is 1. The molecule has 7 heteroatoms. The number of aromatic nitrogens is 2. The van der Waals surface area contributed by atoms with Crippen LogP contribution in [0, 0.1) is 19.7 Å². The molecule has 1 heterocycles. The summed E-state index contributed by atoms with van der Waals surface area (Å²) >= 11 is 0. The van der Waals surface area contributed by atoms with Crippen molar-refractivity contribution in [2.45, 2.75) is 26.7 Å². The Labute approximate surface area is 155 Å². The normalized spacial score (nSPS) is 10.8. The van der Waals surface area contributed by atoms with Crippen molar-refractivity contribution in [3.05, 3.63) is 75.5 Å². The van der Waals surface area contributed by atoms with Crippen LogP contribution in [0.4, 0.5) is 10.1 Å². The topological polar surface area (TPSA) is 87.1 Å². The Hall–Kier alpha value is -3.35. The maximum Gasteiger partial charge on any atom is 0.274 e. The third-order valence-electron chi connectivity index (χ3n) is 4.31. The zero-order valence-electron chi connectivity index (χ0n) is 15.0. The van der Waals surface area contributed by atoms with Gasteiger partial charge in [-0.25, -0.2) is 9.07 Å². The molecule has 6 nitrogen and oxygen atoms in total. The summed E-state index contributed by atoms with van der Waals surface area (Å²) in [4.78, 5) is 24.8. The van der Waals surface area contributed by atoms with E-state index in [9.17, 15) is 19.1 Å². The van der Waals surface area contributed by atoms with Crippen LogP contribution < -0.4 is 10.9 Å². The van der Waals surface area contributed by atoms with E-state index in [1.807, 2.05) is 6.92 Å². The third-order valence-corrected chi connectivity index (χ3v) is 4.31. The van der Waals surface area contributed by atoms with E-state index >= 15 is 0 Å². The van der Waals surface area contributed by atoms with Crippen molar-refractivity contribution in [1.29, 1.82) is 0 Å². The molecule has 0 atom stereocenters. The smallest absolute Gasteiger partial charge is 0.274 e. The third kappa shape index (κ3) is 4.08. The lowest BCUT2D eigenvalue weighted by Crippen LogP contribution is -2.19. The van der Waals surface area contributed by atoms with E-state index in [0.29, 0.717) is 22.6 Å². The molecule has 3 aromatic rings. The first-order valence-corrected chi connectivity index (χ1v) is 8.51. The zero-order chi connectivity index (χ0) is 19.6. The molecule has 0 saturated carbocycles. The van der Waals surface area contributed by atoms with Gasteiger partial charge in [-0.05, 0) is 62.2 Å². The van der Waals surface area contributed by atoms with Crippen LogP contribution in [0.1, 0.15) is 23.2 Å². The van der Waals surface area contributed by atoms with Crippen molar-refractivity contribution in [2.75, 3.05) is 5.32 Å². The van der Waals surface area contributed by atoms with E-state index in [4.69, 9.17) is 0 Å². The van der Waals surface area contributed by atoms with Gasteiger partial charge in [-0.3, -0.25) is 14.7 Å². The van der Waals surface area contributed by atoms with Gasteiger partial charge in [0, 0.05) is 17.7 Å². The van der Waals surface area contributed by atoms with Gasteiger partial charge < -0.3 is 10.4 Å². The van der Waals surface area contributed by atoms with E-state index in [1.54, 1.807) is 25.1 Å². The lowest BCUT2D eigenvalue weighted by atomic mass is 10.1. The monoisotopic (exact) mass is 369 g/mol. The van der Waals surface area contributed by atoms with Crippen molar-refractivity contribution in [3.8, 4) is 11.4 Å². The van der Waals surface area contributed by atoms with Crippen LogP contribution in [0.3, 0.4) is 0 Å². The van der Waals surface area contributed by atoms with Gasteiger partial charge in [-0.1, -0.05) is 6.07 Å². The Balaban J connectivity index is 1.72. The summed E-state index contributed by atoms with van der Waals surface area (Å²) < 4.78 is 14.4. The summed E-state index contributed by atoms with van der Waals surface area (Å²) in [6.07, 6.45) is 0.332. The van der Waals surface area contributed by atoms with Crippen LogP contribution in [0.5, 0.6) is 5.75 Å². The molecule has 0 spiro atoms. The number of aromatic hydroxyl groups is 1. The van der Waals surface area contributed by atoms with Gasteiger partial charge >= 0.3 is 0 Å².